The molecule has 1 saturated carbocycles. The molecule has 3 nitrogen and oxygen atoms in total. The molecular weight excluding hydrogens is 362 g/mol. The van der Waals surface area contributed by atoms with Crippen molar-refractivity contribution in [2.75, 3.05) is 0 Å². The van der Waals surface area contributed by atoms with Gasteiger partial charge in [0.25, 0.3) is 0 Å². The molecule has 0 heterocycles. The van der Waals surface area contributed by atoms with Crippen LogP contribution in [0.1, 0.15) is 39.0 Å². The predicted octanol–water partition coefficient (Wildman–Crippen LogP) is 4.35. The maximum atomic E-state index is 12.4. The fourth-order valence-electron chi connectivity index (χ4n) is 2.73. The van der Waals surface area contributed by atoms with Crippen molar-refractivity contribution in [2.24, 2.45) is 5.92 Å². The van der Waals surface area contributed by atoms with Gasteiger partial charge in [0.2, 0.25) is 10.0 Å². The van der Waals surface area contributed by atoms with Crippen molar-refractivity contribution in [3.63, 3.8) is 0 Å². The Morgan fingerprint density at radius 3 is 2.55 bits per heavy atom. The fraction of sp³-hybridized carbons (Fsp3) is 0.571. The highest BCUT2D eigenvalue weighted by Crippen LogP contribution is 2.29. The van der Waals surface area contributed by atoms with Crippen LogP contribution in [0, 0.1) is 5.92 Å². The molecule has 1 aliphatic rings. The molecule has 1 N–H and O–H groups in total. The number of halogens is 2. The fourth-order valence-corrected chi connectivity index (χ4v) is 5.08. The standard InChI is InChI=1S/C14H19BrClNO2S/c1-10(11-5-3-2-4-6-11)17-20(18,19)14-8-7-12(15)9-13(14)16/h7-11,17H,2-6H2,1H3. The molecule has 6 heteroatoms. The van der Waals surface area contributed by atoms with Crippen molar-refractivity contribution in [1.82, 2.24) is 4.72 Å². The molecule has 2 rings (SSSR count). The van der Waals surface area contributed by atoms with Crippen LogP contribution in [-0.4, -0.2) is 14.5 Å². The third-order valence-corrected chi connectivity index (χ3v) is 6.42. The normalized spacial score (nSPS) is 18.9. The van der Waals surface area contributed by atoms with Gasteiger partial charge in [0.05, 0.1) is 5.02 Å². The van der Waals surface area contributed by atoms with Gasteiger partial charge in [0.15, 0.2) is 0 Å². The van der Waals surface area contributed by atoms with E-state index in [4.69, 9.17) is 11.6 Å². The Bertz CT molecular complexity index is 571. The van der Waals surface area contributed by atoms with Crippen LogP contribution in [0.3, 0.4) is 0 Å². The van der Waals surface area contributed by atoms with E-state index in [0.29, 0.717) is 5.92 Å². The van der Waals surface area contributed by atoms with Gasteiger partial charge in [-0.3, -0.25) is 0 Å². The monoisotopic (exact) mass is 379 g/mol. The highest BCUT2D eigenvalue weighted by molar-refractivity contribution is 9.10. The lowest BCUT2D eigenvalue weighted by molar-refractivity contribution is 0.303. The van der Waals surface area contributed by atoms with Crippen LogP contribution in [0.4, 0.5) is 0 Å². The Balaban J connectivity index is 2.13. The van der Waals surface area contributed by atoms with Crippen molar-refractivity contribution >= 4 is 37.6 Å². The second kappa shape index (κ2) is 6.77. The zero-order chi connectivity index (χ0) is 14.8. The molecule has 1 fully saturated rings. The average molecular weight is 381 g/mol. The minimum absolute atomic E-state index is 0.0555. The molecule has 0 saturated heterocycles. The maximum Gasteiger partial charge on any atom is 0.242 e. The Kier molecular flexibility index (Phi) is 5.51. The van der Waals surface area contributed by atoms with Crippen molar-refractivity contribution in [3.8, 4) is 0 Å². The number of rotatable bonds is 4. The summed E-state index contributed by atoms with van der Waals surface area (Å²) < 4.78 is 28.4. The average Bonchev–Trinajstić information content (AvgIpc) is 2.38. The summed E-state index contributed by atoms with van der Waals surface area (Å²) >= 11 is 9.31. The Morgan fingerprint density at radius 1 is 1.30 bits per heavy atom. The van der Waals surface area contributed by atoms with Gasteiger partial charge >= 0.3 is 0 Å². The molecule has 1 aromatic carbocycles. The van der Waals surface area contributed by atoms with E-state index >= 15 is 0 Å². The molecule has 0 aliphatic heterocycles. The van der Waals surface area contributed by atoms with Crippen LogP contribution < -0.4 is 4.72 Å². The number of nitrogens with one attached hydrogen (secondary N) is 1. The quantitative estimate of drug-likeness (QED) is 0.844. The first-order chi connectivity index (χ1) is 9.40. The van der Waals surface area contributed by atoms with Gasteiger partial charge in [-0.25, -0.2) is 13.1 Å². The van der Waals surface area contributed by atoms with Crippen LogP contribution >= 0.6 is 27.5 Å². The molecule has 1 unspecified atom stereocenters. The van der Waals surface area contributed by atoms with E-state index in [9.17, 15) is 8.42 Å². The van der Waals surface area contributed by atoms with Crippen LogP contribution in [0.5, 0.6) is 0 Å². The third kappa shape index (κ3) is 3.97. The lowest BCUT2D eigenvalue weighted by Gasteiger charge is -2.28. The zero-order valence-corrected chi connectivity index (χ0v) is 14.6. The van der Waals surface area contributed by atoms with E-state index in [-0.39, 0.29) is 16.0 Å². The Morgan fingerprint density at radius 2 is 1.95 bits per heavy atom. The van der Waals surface area contributed by atoms with E-state index < -0.39 is 10.0 Å². The second-order valence-corrected chi connectivity index (χ2v) is 8.39. The smallest absolute Gasteiger partial charge is 0.208 e. The summed E-state index contributed by atoms with van der Waals surface area (Å²) in [6.07, 6.45) is 5.83. The van der Waals surface area contributed by atoms with E-state index in [2.05, 4.69) is 20.7 Å². The summed E-state index contributed by atoms with van der Waals surface area (Å²) in [5.41, 5.74) is 0. The van der Waals surface area contributed by atoms with Gasteiger partial charge in [0, 0.05) is 10.5 Å². The number of hydrogen-bond acceptors (Lipinski definition) is 2. The summed E-state index contributed by atoms with van der Waals surface area (Å²) in [5, 5.41) is 0.239. The molecule has 0 bridgehead atoms. The third-order valence-electron chi connectivity index (χ3n) is 3.88. The van der Waals surface area contributed by atoms with Crippen molar-refractivity contribution in [2.45, 2.75) is 50.0 Å². The maximum absolute atomic E-state index is 12.4. The summed E-state index contributed by atoms with van der Waals surface area (Å²) in [7, 11) is -3.56. The van der Waals surface area contributed by atoms with Gasteiger partial charge in [-0.05, 0) is 43.9 Å². The van der Waals surface area contributed by atoms with Gasteiger partial charge in [-0.1, -0.05) is 46.8 Å². The second-order valence-electron chi connectivity index (χ2n) is 5.38. The predicted molar refractivity (Wildman–Crippen MR) is 85.5 cm³/mol. The number of benzene rings is 1. The van der Waals surface area contributed by atoms with Crippen LogP contribution in [-0.2, 0) is 10.0 Å². The highest BCUT2D eigenvalue weighted by atomic mass is 79.9. The topological polar surface area (TPSA) is 46.2 Å². The molecule has 112 valence electrons. The van der Waals surface area contributed by atoms with Crippen LogP contribution in [0.2, 0.25) is 5.02 Å². The van der Waals surface area contributed by atoms with E-state index in [0.717, 1.165) is 17.3 Å². The lowest BCUT2D eigenvalue weighted by atomic mass is 9.85. The van der Waals surface area contributed by atoms with E-state index in [1.54, 1.807) is 12.1 Å². The van der Waals surface area contributed by atoms with Crippen molar-refractivity contribution in [3.05, 3.63) is 27.7 Å². The Labute approximate surface area is 134 Å². The summed E-state index contributed by atoms with van der Waals surface area (Å²) in [6, 6.07) is 4.76. The lowest BCUT2D eigenvalue weighted by Crippen LogP contribution is -2.38. The minimum atomic E-state index is -3.56. The first kappa shape index (κ1) is 16.3. The molecule has 1 atom stereocenters. The van der Waals surface area contributed by atoms with Gasteiger partial charge in [-0.15, -0.1) is 0 Å². The SMILES string of the molecule is CC(NS(=O)(=O)c1ccc(Br)cc1Cl)C1CCCCC1. The van der Waals surface area contributed by atoms with Crippen LogP contribution in [0.25, 0.3) is 0 Å². The summed E-state index contributed by atoms with van der Waals surface area (Å²) in [4.78, 5) is 0.144. The summed E-state index contributed by atoms with van der Waals surface area (Å²) in [6.45, 7) is 1.94. The molecule has 0 spiro atoms. The van der Waals surface area contributed by atoms with Crippen molar-refractivity contribution in [1.29, 1.82) is 0 Å². The number of sulfonamides is 1. The molecule has 1 aromatic rings. The summed E-state index contributed by atoms with van der Waals surface area (Å²) in [5.74, 6) is 0.424. The highest BCUT2D eigenvalue weighted by Gasteiger charge is 2.26. The zero-order valence-electron chi connectivity index (χ0n) is 11.4. The first-order valence-corrected chi connectivity index (χ1v) is 9.53. The first-order valence-electron chi connectivity index (χ1n) is 6.87. The van der Waals surface area contributed by atoms with E-state index in [1.165, 1.54) is 25.3 Å². The molecule has 0 amide bonds. The number of hydrogen-bond donors (Lipinski definition) is 1. The van der Waals surface area contributed by atoms with E-state index in [1.807, 2.05) is 6.92 Å². The molecular formula is C14H19BrClNO2S. The Hall–Kier alpha value is -0.100. The van der Waals surface area contributed by atoms with Crippen molar-refractivity contribution < 1.29 is 8.42 Å². The molecule has 20 heavy (non-hydrogen) atoms. The van der Waals surface area contributed by atoms with Gasteiger partial charge < -0.3 is 0 Å². The molecule has 1 aliphatic carbocycles. The van der Waals surface area contributed by atoms with Gasteiger partial charge in [-0.2, -0.15) is 0 Å². The van der Waals surface area contributed by atoms with Gasteiger partial charge in [0.1, 0.15) is 4.90 Å². The largest absolute Gasteiger partial charge is 0.242 e. The minimum Gasteiger partial charge on any atom is -0.208 e. The molecule has 0 radical (unpaired) electrons. The molecule has 0 aromatic heterocycles. The van der Waals surface area contributed by atoms with Crippen LogP contribution in [0.15, 0.2) is 27.6 Å².